The van der Waals surface area contributed by atoms with Crippen molar-refractivity contribution in [3.63, 3.8) is 0 Å². The number of carbonyl (C=O) groups excluding carboxylic acids is 1. The smallest absolute Gasteiger partial charge is 0.313 e. The molecule has 2 aromatic rings. The van der Waals surface area contributed by atoms with E-state index in [1.807, 2.05) is 67.6 Å². The van der Waals surface area contributed by atoms with Gasteiger partial charge in [-0.1, -0.05) is 42.2 Å². The van der Waals surface area contributed by atoms with E-state index >= 15 is 0 Å². The zero-order valence-corrected chi connectivity index (χ0v) is 14.6. The Balaban J connectivity index is 1.81. The molecule has 0 aliphatic carbocycles. The second kappa shape index (κ2) is 10.00. The van der Waals surface area contributed by atoms with Gasteiger partial charge in [0.15, 0.2) is 0 Å². The first-order valence-corrected chi connectivity index (χ1v) is 8.31. The van der Waals surface area contributed by atoms with E-state index in [4.69, 9.17) is 9.47 Å². The lowest BCUT2D eigenvalue weighted by atomic mass is 10.0. The summed E-state index contributed by atoms with van der Waals surface area (Å²) in [6.07, 6.45) is 3.65. The number of hydrogen-bond donors (Lipinski definition) is 0. The highest BCUT2D eigenvalue weighted by atomic mass is 16.5. The van der Waals surface area contributed by atoms with Crippen LogP contribution >= 0.6 is 0 Å². The van der Waals surface area contributed by atoms with Crippen molar-refractivity contribution in [3.05, 3.63) is 77.9 Å². The minimum absolute atomic E-state index is 0.212. The highest BCUT2D eigenvalue weighted by Crippen LogP contribution is 2.20. The van der Waals surface area contributed by atoms with E-state index in [-0.39, 0.29) is 11.9 Å². The molecule has 3 nitrogen and oxygen atoms in total. The summed E-state index contributed by atoms with van der Waals surface area (Å²) in [5.74, 6) is 6.29. The van der Waals surface area contributed by atoms with Gasteiger partial charge in [0.1, 0.15) is 12.4 Å². The summed E-state index contributed by atoms with van der Waals surface area (Å²) in [6.45, 7) is 4.47. The van der Waals surface area contributed by atoms with Gasteiger partial charge in [-0.2, -0.15) is 0 Å². The molecule has 0 bridgehead atoms. The highest BCUT2D eigenvalue weighted by molar-refractivity contribution is 5.77. The zero-order valence-electron chi connectivity index (χ0n) is 14.6. The van der Waals surface area contributed by atoms with Crippen molar-refractivity contribution in [3.8, 4) is 17.6 Å². The Morgan fingerprint density at radius 1 is 1.12 bits per heavy atom. The lowest BCUT2D eigenvalue weighted by Gasteiger charge is -2.11. The van der Waals surface area contributed by atoms with Crippen LogP contribution in [0.15, 0.2) is 66.7 Å². The SMILES string of the molecule is CCOC(=O)C(C)c1ccc(OCC=CC#Cc2ccccc2)cc1. The number of rotatable bonds is 6. The van der Waals surface area contributed by atoms with Gasteiger partial charge in [0, 0.05) is 5.56 Å². The number of benzene rings is 2. The largest absolute Gasteiger partial charge is 0.490 e. The Kier molecular flexibility index (Phi) is 7.34. The molecule has 0 saturated heterocycles. The van der Waals surface area contributed by atoms with E-state index in [1.165, 1.54) is 0 Å². The van der Waals surface area contributed by atoms with Gasteiger partial charge in [-0.15, -0.1) is 0 Å². The molecule has 0 spiro atoms. The minimum Gasteiger partial charge on any atom is -0.490 e. The van der Waals surface area contributed by atoms with E-state index < -0.39 is 0 Å². The summed E-state index contributed by atoms with van der Waals surface area (Å²) in [4.78, 5) is 11.7. The van der Waals surface area contributed by atoms with Crippen LogP contribution in [0.25, 0.3) is 0 Å². The fourth-order valence-electron chi connectivity index (χ4n) is 2.15. The molecule has 0 N–H and O–H groups in total. The van der Waals surface area contributed by atoms with Crippen molar-refractivity contribution in [2.24, 2.45) is 0 Å². The molecule has 0 radical (unpaired) electrons. The van der Waals surface area contributed by atoms with Gasteiger partial charge in [0.2, 0.25) is 0 Å². The van der Waals surface area contributed by atoms with Crippen molar-refractivity contribution < 1.29 is 14.3 Å². The molecule has 128 valence electrons. The predicted octanol–water partition coefficient (Wildman–Crippen LogP) is 4.34. The molecule has 2 aromatic carbocycles. The van der Waals surface area contributed by atoms with Gasteiger partial charge in [-0.25, -0.2) is 0 Å². The molecule has 25 heavy (non-hydrogen) atoms. The first-order valence-electron chi connectivity index (χ1n) is 8.31. The molecular formula is C22H22O3. The van der Waals surface area contributed by atoms with Crippen LogP contribution < -0.4 is 4.74 Å². The van der Waals surface area contributed by atoms with Crippen LogP contribution in [-0.2, 0) is 9.53 Å². The normalized spacial score (nSPS) is 11.4. The molecule has 1 atom stereocenters. The van der Waals surface area contributed by atoms with Crippen LogP contribution in [0.2, 0.25) is 0 Å². The average molecular weight is 334 g/mol. The van der Waals surface area contributed by atoms with Crippen molar-refractivity contribution in [2.75, 3.05) is 13.2 Å². The number of ether oxygens (including phenoxy) is 2. The fraction of sp³-hybridized carbons (Fsp3) is 0.227. The first-order chi connectivity index (χ1) is 12.2. The summed E-state index contributed by atoms with van der Waals surface area (Å²) in [5.41, 5.74) is 1.90. The summed E-state index contributed by atoms with van der Waals surface area (Å²) in [5, 5.41) is 0. The Bertz CT molecular complexity index is 749. The molecule has 0 amide bonds. The van der Waals surface area contributed by atoms with Gasteiger partial charge >= 0.3 is 5.97 Å². The van der Waals surface area contributed by atoms with Crippen molar-refractivity contribution in [1.82, 2.24) is 0 Å². The van der Waals surface area contributed by atoms with Crippen LogP contribution in [0.4, 0.5) is 0 Å². The van der Waals surface area contributed by atoms with Crippen molar-refractivity contribution >= 4 is 5.97 Å². The highest BCUT2D eigenvalue weighted by Gasteiger charge is 2.15. The van der Waals surface area contributed by atoms with E-state index in [0.717, 1.165) is 16.9 Å². The summed E-state index contributed by atoms with van der Waals surface area (Å²) < 4.78 is 10.7. The summed E-state index contributed by atoms with van der Waals surface area (Å²) in [6, 6.07) is 17.3. The standard InChI is InChI=1S/C22H22O3/c1-3-24-22(23)18(2)20-13-15-21(16-14-20)25-17-9-5-8-12-19-10-6-4-7-11-19/h4-7,9-11,13-16,18H,3,17H2,1-2H3. The summed E-state index contributed by atoms with van der Waals surface area (Å²) in [7, 11) is 0. The van der Waals surface area contributed by atoms with E-state index in [2.05, 4.69) is 11.8 Å². The van der Waals surface area contributed by atoms with E-state index in [0.29, 0.717) is 13.2 Å². The third-order valence-electron chi connectivity index (χ3n) is 3.56. The van der Waals surface area contributed by atoms with Crippen LogP contribution in [0, 0.1) is 11.8 Å². The Labute approximate surface area is 149 Å². The Morgan fingerprint density at radius 2 is 1.84 bits per heavy atom. The molecule has 0 heterocycles. The molecule has 0 aromatic heterocycles. The molecule has 0 aliphatic rings. The molecule has 1 unspecified atom stereocenters. The van der Waals surface area contributed by atoms with Crippen molar-refractivity contribution in [1.29, 1.82) is 0 Å². The maximum atomic E-state index is 11.7. The van der Waals surface area contributed by atoms with Crippen LogP contribution in [0.3, 0.4) is 0 Å². The molecule has 0 fully saturated rings. The van der Waals surface area contributed by atoms with Gasteiger partial charge < -0.3 is 9.47 Å². The zero-order chi connectivity index (χ0) is 17.9. The average Bonchev–Trinajstić information content (AvgIpc) is 2.65. The van der Waals surface area contributed by atoms with Crippen LogP contribution in [-0.4, -0.2) is 19.2 Å². The maximum Gasteiger partial charge on any atom is 0.313 e. The second-order valence-corrected chi connectivity index (χ2v) is 5.39. The quantitative estimate of drug-likeness (QED) is 0.582. The number of esters is 1. The number of carbonyl (C=O) groups is 1. The second-order valence-electron chi connectivity index (χ2n) is 5.39. The lowest BCUT2D eigenvalue weighted by Crippen LogP contribution is -2.12. The number of allylic oxidation sites excluding steroid dienone is 1. The van der Waals surface area contributed by atoms with Gasteiger partial charge in [-0.05, 0) is 55.8 Å². The van der Waals surface area contributed by atoms with E-state index in [1.54, 1.807) is 13.0 Å². The third-order valence-corrected chi connectivity index (χ3v) is 3.56. The van der Waals surface area contributed by atoms with Crippen LogP contribution in [0.5, 0.6) is 5.75 Å². The molecule has 0 saturated carbocycles. The summed E-state index contributed by atoms with van der Waals surface area (Å²) >= 11 is 0. The Morgan fingerprint density at radius 3 is 2.52 bits per heavy atom. The predicted molar refractivity (Wildman–Crippen MR) is 99.4 cm³/mol. The third kappa shape index (κ3) is 6.19. The topological polar surface area (TPSA) is 35.5 Å². The minimum atomic E-state index is -0.276. The van der Waals surface area contributed by atoms with Crippen LogP contribution in [0.1, 0.15) is 30.9 Å². The lowest BCUT2D eigenvalue weighted by molar-refractivity contribution is -0.144. The molecule has 3 heteroatoms. The van der Waals surface area contributed by atoms with Gasteiger partial charge in [-0.3, -0.25) is 4.79 Å². The van der Waals surface area contributed by atoms with Gasteiger partial charge in [0.25, 0.3) is 0 Å². The molecule has 0 aliphatic heterocycles. The first kappa shape index (κ1) is 18.4. The molecular weight excluding hydrogens is 312 g/mol. The maximum absolute atomic E-state index is 11.7. The number of hydrogen-bond acceptors (Lipinski definition) is 3. The van der Waals surface area contributed by atoms with Gasteiger partial charge in [0.05, 0.1) is 12.5 Å². The van der Waals surface area contributed by atoms with Crippen molar-refractivity contribution in [2.45, 2.75) is 19.8 Å². The Hall–Kier alpha value is -2.99. The molecule has 2 rings (SSSR count). The monoisotopic (exact) mass is 334 g/mol. The van der Waals surface area contributed by atoms with E-state index in [9.17, 15) is 4.79 Å². The fourth-order valence-corrected chi connectivity index (χ4v) is 2.15.